The molecule has 1 saturated heterocycles. The lowest BCUT2D eigenvalue weighted by atomic mass is 9.48. The van der Waals surface area contributed by atoms with E-state index >= 15 is 0 Å². The Labute approximate surface area is 230 Å². The van der Waals surface area contributed by atoms with Gasteiger partial charge in [0.2, 0.25) is 0 Å². The van der Waals surface area contributed by atoms with Crippen molar-refractivity contribution in [2.45, 2.75) is 90.7 Å². The molecular formula is C34H48N2O2. The smallest absolute Gasteiger partial charge is 0.303 e. The van der Waals surface area contributed by atoms with Gasteiger partial charge in [0.1, 0.15) is 6.10 Å². The molecule has 1 aliphatic heterocycles. The van der Waals surface area contributed by atoms with E-state index in [0.29, 0.717) is 17.3 Å². The zero-order valence-electron chi connectivity index (χ0n) is 24.3. The third kappa shape index (κ3) is 4.35. The number of allylic oxidation sites excluding steroid dienone is 1. The summed E-state index contributed by atoms with van der Waals surface area (Å²) in [5.74, 6) is 1.87. The SMILES string of the molecule is CC(=O)O[C@H]1C(=Cc2ccc(N(C)C)cc2)C[C@H]2[C@@H]3CC=C4C[C@@H](N5CCCC5)CC[C@]4(C)[C@H]3CC[C@]12C. The Hall–Kier alpha value is -2.07. The van der Waals surface area contributed by atoms with Crippen LogP contribution in [-0.4, -0.2) is 50.2 Å². The topological polar surface area (TPSA) is 32.8 Å². The summed E-state index contributed by atoms with van der Waals surface area (Å²) >= 11 is 0. The summed E-state index contributed by atoms with van der Waals surface area (Å²) in [6.07, 6.45) is 16.4. The first-order valence-electron chi connectivity index (χ1n) is 15.3. The Morgan fingerprint density at radius 1 is 1.03 bits per heavy atom. The molecule has 1 heterocycles. The molecule has 7 atom stereocenters. The number of rotatable bonds is 4. The summed E-state index contributed by atoms with van der Waals surface area (Å²) in [4.78, 5) is 17.2. The summed E-state index contributed by atoms with van der Waals surface area (Å²) < 4.78 is 6.18. The molecule has 0 amide bonds. The van der Waals surface area contributed by atoms with Crippen LogP contribution in [0.5, 0.6) is 0 Å². The van der Waals surface area contributed by atoms with E-state index in [0.717, 1.165) is 24.8 Å². The van der Waals surface area contributed by atoms with Gasteiger partial charge in [0.15, 0.2) is 0 Å². The quantitative estimate of drug-likeness (QED) is 0.315. The highest BCUT2D eigenvalue weighted by molar-refractivity contribution is 5.68. The van der Waals surface area contributed by atoms with Crippen molar-refractivity contribution >= 4 is 17.7 Å². The van der Waals surface area contributed by atoms with Gasteiger partial charge in [-0.1, -0.05) is 43.7 Å². The van der Waals surface area contributed by atoms with Gasteiger partial charge < -0.3 is 14.5 Å². The van der Waals surface area contributed by atoms with Gasteiger partial charge in [0, 0.05) is 38.2 Å². The highest BCUT2D eigenvalue weighted by atomic mass is 16.5. The van der Waals surface area contributed by atoms with Crippen molar-refractivity contribution < 1.29 is 9.53 Å². The summed E-state index contributed by atoms with van der Waals surface area (Å²) in [5.41, 5.74) is 5.89. The number of anilines is 1. The van der Waals surface area contributed by atoms with Crippen LogP contribution in [0.4, 0.5) is 5.69 Å². The molecule has 206 valence electrons. The number of fused-ring (bicyclic) bond motifs is 5. The minimum absolute atomic E-state index is 0.0245. The fourth-order valence-corrected chi connectivity index (χ4v) is 9.50. The van der Waals surface area contributed by atoms with Crippen LogP contribution in [0.2, 0.25) is 0 Å². The van der Waals surface area contributed by atoms with E-state index in [-0.39, 0.29) is 17.5 Å². The van der Waals surface area contributed by atoms with Crippen molar-refractivity contribution in [2.75, 3.05) is 32.1 Å². The lowest BCUT2D eigenvalue weighted by Crippen LogP contribution is -2.52. The fraction of sp³-hybridized carbons (Fsp3) is 0.676. The maximum Gasteiger partial charge on any atom is 0.303 e. The van der Waals surface area contributed by atoms with Crippen LogP contribution in [0, 0.1) is 28.6 Å². The van der Waals surface area contributed by atoms with E-state index in [1.54, 1.807) is 12.5 Å². The van der Waals surface area contributed by atoms with Crippen LogP contribution in [0.1, 0.15) is 84.1 Å². The number of ether oxygens (including phenoxy) is 1. The molecule has 6 rings (SSSR count). The van der Waals surface area contributed by atoms with E-state index in [1.807, 2.05) is 0 Å². The normalized spacial score (nSPS) is 39.8. The molecule has 4 nitrogen and oxygen atoms in total. The fourth-order valence-electron chi connectivity index (χ4n) is 9.50. The van der Waals surface area contributed by atoms with E-state index in [2.05, 4.69) is 74.2 Å². The molecule has 1 aromatic rings. The Balaban J connectivity index is 1.28. The van der Waals surface area contributed by atoms with Gasteiger partial charge in [-0.3, -0.25) is 4.79 Å². The lowest BCUT2D eigenvalue weighted by molar-refractivity contribution is -0.154. The Morgan fingerprint density at radius 3 is 2.45 bits per heavy atom. The molecule has 4 heteroatoms. The largest absolute Gasteiger partial charge is 0.457 e. The average molecular weight is 517 g/mol. The predicted octanol–water partition coefficient (Wildman–Crippen LogP) is 7.10. The first-order chi connectivity index (χ1) is 18.2. The molecule has 0 radical (unpaired) electrons. The van der Waals surface area contributed by atoms with Gasteiger partial charge in [0.25, 0.3) is 0 Å². The molecule has 0 aromatic heterocycles. The standard InChI is InChI=1S/C34H48N2O2/c1-23(37)38-32-25(20-24-8-11-27(12-9-24)35(4)5)21-31-29-13-10-26-22-28(36-18-6-7-19-36)14-16-33(26,2)30(29)15-17-34(31,32)3/h8-12,20,28-32H,6-7,13-19,21-22H2,1-5H3/t28-,29+,30-,31-,32-,33-,34-/m0/s1. The molecule has 4 aliphatic carbocycles. The number of carbonyl (C=O) groups excluding carboxylic acids is 1. The molecule has 1 aromatic carbocycles. The molecule has 0 unspecified atom stereocenters. The van der Waals surface area contributed by atoms with Crippen LogP contribution < -0.4 is 4.90 Å². The second-order valence-corrected chi connectivity index (χ2v) is 13.8. The first-order valence-corrected chi connectivity index (χ1v) is 15.3. The molecule has 0 spiro atoms. The summed E-state index contributed by atoms with van der Waals surface area (Å²) in [7, 11) is 4.15. The van der Waals surface area contributed by atoms with E-state index in [4.69, 9.17) is 4.74 Å². The van der Waals surface area contributed by atoms with Crippen molar-refractivity contribution in [3.05, 3.63) is 47.1 Å². The van der Waals surface area contributed by atoms with E-state index in [9.17, 15) is 4.79 Å². The minimum atomic E-state index is -0.147. The van der Waals surface area contributed by atoms with Crippen molar-refractivity contribution in [1.82, 2.24) is 4.90 Å². The van der Waals surface area contributed by atoms with Crippen molar-refractivity contribution in [2.24, 2.45) is 28.6 Å². The Bertz CT molecular complexity index is 1110. The lowest BCUT2D eigenvalue weighted by Gasteiger charge is -2.58. The van der Waals surface area contributed by atoms with Gasteiger partial charge >= 0.3 is 5.97 Å². The number of likely N-dealkylation sites (tertiary alicyclic amines) is 1. The maximum atomic E-state index is 12.3. The van der Waals surface area contributed by atoms with E-state index < -0.39 is 0 Å². The zero-order valence-corrected chi connectivity index (χ0v) is 24.3. The molecule has 38 heavy (non-hydrogen) atoms. The van der Waals surface area contributed by atoms with Crippen molar-refractivity contribution in [3.8, 4) is 0 Å². The van der Waals surface area contributed by atoms with Gasteiger partial charge in [-0.05, 0) is 117 Å². The highest BCUT2D eigenvalue weighted by Crippen LogP contribution is 2.66. The van der Waals surface area contributed by atoms with Gasteiger partial charge in [-0.25, -0.2) is 0 Å². The molecule has 0 bridgehead atoms. The second kappa shape index (κ2) is 9.84. The van der Waals surface area contributed by atoms with Gasteiger partial charge in [-0.15, -0.1) is 0 Å². The van der Waals surface area contributed by atoms with Crippen LogP contribution in [-0.2, 0) is 9.53 Å². The van der Waals surface area contributed by atoms with Crippen LogP contribution >= 0.6 is 0 Å². The second-order valence-electron chi connectivity index (χ2n) is 13.8. The maximum absolute atomic E-state index is 12.3. The first kappa shape index (κ1) is 26.2. The Morgan fingerprint density at radius 2 is 1.76 bits per heavy atom. The highest BCUT2D eigenvalue weighted by Gasteiger charge is 2.61. The summed E-state index contributed by atoms with van der Waals surface area (Å²) in [6, 6.07) is 9.54. The number of esters is 1. The number of benzene rings is 1. The third-order valence-electron chi connectivity index (χ3n) is 11.6. The number of carbonyl (C=O) groups is 1. The Kier molecular flexibility index (Phi) is 6.78. The van der Waals surface area contributed by atoms with Crippen LogP contribution in [0.15, 0.2) is 41.5 Å². The van der Waals surface area contributed by atoms with Crippen LogP contribution in [0.25, 0.3) is 6.08 Å². The van der Waals surface area contributed by atoms with Gasteiger partial charge in [-0.2, -0.15) is 0 Å². The minimum Gasteiger partial charge on any atom is -0.457 e. The molecule has 3 saturated carbocycles. The van der Waals surface area contributed by atoms with Crippen molar-refractivity contribution in [1.29, 1.82) is 0 Å². The van der Waals surface area contributed by atoms with Crippen LogP contribution in [0.3, 0.4) is 0 Å². The summed E-state index contributed by atoms with van der Waals surface area (Å²) in [5, 5.41) is 0. The average Bonchev–Trinajstić information content (AvgIpc) is 3.51. The monoisotopic (exact) mass is 516 g/mol. The predicted molar refractivity (Wildman–Crippen MR) is 156 cm³/mol. The number of nitrogens with zero attached hydrogens (tertiary/aromatic N) is 2. The van der Waals surface area contributed by atoms with E-state index in [1.165, 1.54) is 74.9 Å². The molecule has 0 N–H and O–H groups in total. The number of hydrogen-bond acceptors (Lipinski definition) is 4. The summed E-state index contributed by atoms with van der Waals surface area (Å²) in [6.45, 7) is 9.25. The molecule has 5 aliphatic rings. The molecular weight excluding hydrogens is 468 g/mol. The number of hydrogen-bond donors (Lipinski definition) is 0. The third-order valence-corrected chi connectivity index (χ3v) is 11.6. The van der Waals surface area contributed by atoms with Gasteiger partial charge in [0.05, 0.1) is 0 Å². The zero-order chi connectivity index (χ0) is 26.7. The van der Waals surface area contributed by atoms with Crippen molar-refractivity contribution in [3.63, 3.8) is 0 Å². The molecule has 4 fully saturated rings.